The average molecular weight is 222 g/mol. The van der Waals surface area contributed by atoms with Gasteiger partial charge in [0.25, 0.3) is 0 Å². The van der Waals surface area contributed by atoms with Crippen LogP contribution in [0.25, 0.3) is 0 Å². The van der Waals surface area contributed by atoms with Crippen molar-refractivity contribution in [2.75, 3.05) is 6.54 Å². The molecule has 2 rings (SSSR count). The number of rotatable bonds is 5. The van der Waals surface area contributed by atoms with E-state index in [1.807, 2.05) is 13.2 Å². The molecule has 0 spiro atoms. The van der Waals surface area contributed by atoms with Crippen molar-refractivity contribution in [1.29, 1.82) is 0 Å². The van der Waals surface area contributed by atoms with Gasteiger partial charge in [-0.25, -0.2) is 0 Å². The van der Waals surface area contributed by atoms with Crippen molar-refractivity contribution in [1.82, 2.24) is 20.3 Å². The number of nitrogens with zero attached hydrogens (tertiary/aromatic N) is 3. The minimum atomic E-state index is 0.791. The molecule has 4 nitrogen and oxygen atoms in total. The van der Waals surface area contributed by atoms with Crippen LogP contribution in [0.1, 0.15) is 10.6 Å². The van der Waals surface area contributed by atoms with E-state index in [4.69, 9.17) is 0 Å². The zero-order chi connectivity index (χ0) is 10.5. The Hall–Kier alpha value is -1.20. The van der Waals surface area contributed by atoms with Crippen LogP contribution in [-0.2, 0) is 20.0 Å². The van der Waals surface area contributed by atoms with Gasteiger partial charge in [0.2, 0.25) is 0 Å². The summed E-state index contributed by atoms with van der Waals surface area (Å²) in [5.74, 6) is 0. The van der Waals surface area contributed by atoms with Crippen LogP contribution in [0, 0.1) is 0 Å². The molecule has 0 saturated carbocycles. The summed E-state index contributed by atoms with van der Waals surface area (Å²) in [7, 11) is 1.88. The average Bonchev–Trinajstić information content (AvgIpc) is 2.84. The van der Waals surface area contributed by atoms with E-state index in [-0.39, 0.29) is 0 Å². The van der Waals surface area contributed by atoms with Crippen LogP contribution in [-0.4, -0.2) is 21.5 Å². The number of thiophene rings is 1. The Morgan fingerprint density at radius 2 is 2.47 bits per heavy atom. The number of hydrogen-bond acceptors (Lipinski definition) is 4. The highest BCUT2D eigenvalue weighted by Crippen LogP contribution is 2.08. The Kier molecular flexibility index (Phi) is 3.47. The van der Waals surface area contributed by atoms with E-state index in [0.717, 1.165) is 25.2 Å². The molecule has 0 amide bonds. The molecule has 0 atom stereocenters. The summed E-state index contributed by atoms with van der Waals surface area (Å²) in [6, 6.07) is 4.25. The number of aromatic nitrogens is 3. The van der Waals surface area contributed by atoms with Gasteiger partial charge in [-0.3, -0.25) is 4.68 Å². The van der Waals surface area contributed by atoms with Gasteiger partial charge >= 0.3 is 0 Å². The summed E-state index contributed by atoms with van der Waals surface area (Å²) in [6.45, 7) is 1.77. The van der Waals surface area contributed by atoms with E-state index in [2.05, 4.69) is 33.1 Å². The van der Waals surface area contributed by atoms with Crippen molar-refractivity contribution in [3.05, 3.63) is 34.3 Å². The van der Waals surface area contributed by atoms with Gasteiger partial charge in [-0.1, -0.05) is 11.3 Å². The molecule has 0 saturated heterocycles. The first-order valence-electron chi connectivity index (χ1n) is 4.93. The Bertz CT molecular complexity index is 393. The maximum atomic E-state index is 4.00. The SMILES string of the molecule is Cn1cc(CNCCc2cccs2)nn1. The molecule has 2 aromatic rings. The third kappa shape index (κ3) is 3.14. The zero-order valence-electron chi connectivity index (χ0n) is 8.68. The van der Waals surface area contributed by atoms with E-state index >= 15 is 0 Å². The molecular formula is C10H14N4S. The second kappa shape index (κ2) is 5.04. The molecule has 0 bridgehead atoms. The van der Waals surface area contributed by atoms with Crippen LogP contribution in [0.2, 0.25) is 0 Å². The molecule has 1 N–H and O–H groups in total. The van der Waals surface area contributed by atoms with Crippen LogP contribution in [0.15, 0.2) is 23.7 Å². The fraction of sp³-hybridized carbons (Fsp3) is 0.400. The smallest absolute Gasteiger partial charge is 0.0964 e. The summed E-state index contributed by atoms with van der Waals surface area (Å²) in [6.07, 6.45) is 3.01. The first-order valence-corrected chi connectivity index (χ1v) is 5.81. The van der Waals surface area contributed by atoms with Crippen molar-refractivity contribution in [2.45, 2.75) is 13.0 Å². The lowest BCUT2D eigenvalue weighted by Gasteiger charge is -1.99. The van der Waals surface area contributed by atoms with Crippen molar-refractivity contribution in [2.24, 2.45) is 7.05 Å². The van der Waals surface area contributed by atoms with Crippen molar-refractivity contribution >= 4 is 11.3 Å². The van der Waals surface area contributed by atoms with Crippen LogP contribution in [0.5, 0.6) is 0 Å². The summed E-state index contributed by atoms with van der Waals surface area (Å²) in [5, 5.41) is 13.3. The van der Waals surface area contributed by atoms with Gasteiger partial charge in [0.05, 0.1) is 5.69 Å². The van der Waals surface area contributed by atoms with Gasteiger partial charge in [-0.2, -0.15) is 0 Å². The first-order chi connectivity index (χ1) is 7.34. The molecule has 2 heterocycles. The lowest BCUT2D eigenvalue weighted by Crippen LogP contribution is -2.16. The van der Waals surface area contributed by atoms with Crippen molar-refractivity contribution < 1.29 is 0 Å². The summed E-state index contributed by atoms with van der Waals surface area (Å²) < 4.78 is 1.72. The quantitative estimate of drug-likeness (QED) is 0.773. The summed E-state index contributed by atoms with van der Waals surface area (Å²) in [4.78, 5) is 1.42. The Morgan fingerprint density at radius 3 is 3.13 bits per heavy atom. The predicted octanol–water partition coefficient (Wildman–Crippen LogP) is 1.21. The van der Waals surface area contributed by atoms with Gasteiger partial charge in [-0.15, -0.1) is 16.4 Å². The fourth-order valence-corrected chi connectivity index (χ4v) is 2.07. The normalized spacial score (nSPS) is 10.7. The third-order valence-corrected chi connectivity index (χ3v) is 3.02. The largest absolute Gasteiger partial charge is 0.311 e. The second-order valence-electron chi connectivity index (χ2n) is 3.39. The highest BCUT2D eigenvalue weighted by atomic mass is 32.1. The molecule has 80 valence electrons. The molecule has 0 radical (unpaired) electrons. The molecule has 0 fully saturated rings. The summed E-state index contributed by atoms with van der Waals surface area (Å²) >= 11 is 1.80. The minimum Gasteiger partial charge on any atom is -0.311 e. The van der Waals surface area contributed by atoms with Crippen LogP contribution in [0.3, 0.4) is 0 Å². The van der Waals surface area contributed by atoms with E-state index in [1.54, 1.807) is 16.0 Å². The zero-order valence-corrected chi connectivity index (χ0v) is 9.50. The highest BCUT2D eigenvalue weighted by molar-refractivity contribution is 7.09. The highest BCUT2D eigenvalue weighted by Gasteiger charge is 1.97. The maximum Gasteiger partial charge on any atom is 0.0964 e. The molecule has 0 aromatic carbocycles. The van der Waals surface area contributed by atoms with Gasteiger partial charge in [0.1, 0.15) is 0 Å². The third-order valence-electron chi connectivity index (χ3n) is 2.08. The van der Waals surface area contributed by atoms with E-state index in [1.165, 1.54) is 4.88 Å². The maximum absolute atomic E-state index is 4.00. The topological polar surface area (TPSA) is 42.7 Å². The number of nitrogens with one attached hydrogen (secondary N) is 1. The standard InChI is InChI=1S/C10H14N4S/c1-14-8-9(12-13-14)7-11-5-4-10-3-2-6-15-10/h2-3,6,8,11H,4-5,7H2,1H3. The van der Waals surface area contributed by atoms with Crippen LogP contribution < -0.4 is 5.32 Å². The fourth-order valence-electron chi connectivity index (χ4n) is 1.36. The van der Waals surface area contributed by atoms with Crippen molar-refractivity contribution in [3.8, 4) is 0 Å². The Labute approximate surface area is 92.9 Å². The molecule has 15 heavy (non-hydrogen) atoms. The van der Waals surface area contributed by atoms with Crippen LogP contribution >= 0.6 is 11.3 Å². The molecule has 5 heteroatoms. The minimum absolute atomic E-state index is 0.791. The Morgan fingerprint density at radius 1 is 1.53 bits per heavy atom. The van der Waals surface area contributed by atoms with E-state index in [9.17, 15) is 0 Å². The van der Waals surface area contributed by atoms with Gasteiger partial charge < -0.3 is 5.32 Å². The molecule has 0 aliphatic rings. The monoisotopic (exact) mass is 222 g/mol. The van der Waals surface area contributed by atoms with E-state index in [0.29, 0.717) is 0 Å². The second-order valence-corrected chi connectivity index (χ2v) is 4.42. The van der Waals surface area contributed by atoms with E-state index < -0.39 is 0 Å². The molecular weight excluding hydrogens is 208 g/mol. The van der Waals surface area contributed by atoms with Crippen molar-refractivity contribution in [3.63, 3.8) is 0 Å². The molecule has 0 aliphatic carbocycles. The number of aryl methyl sites for hydroxylation is 1. The first kappa shape index (κ1) is 10.3. The lowest BCUT2D eigenvalue weighted by molar-refractivity contribution is 0.673. The Balaban J connectivity index is 1.67. The molecule has 2 aromatic heterocycles. The molecule has 0 aliphatic heterocycles. The molecule has 0 unspecified atom stereocenters. The number of hydrogen-bond donors (Lipinski definition) is 1. The summed E-state index contributed by atoms with van der Waals surface area (Å²) in [5.41, 5.74) is 0.990. The van der Waals surface area contributed by atoms with Crippen LogP contribution in [0.4, 0.5) is 0 Å². The lowest BCUT2D eigenvalue weighted by atomic mass is 10.3. The van der Waals surface area contributed by atoms with Gasteiger partial charge in [0, 0.05) is 31.2 Å². The van der Waals surface area contributed by atoms with Gasteiger partial charge in [-0.05, 0) is 17.9 Å². The predicted molar refractivity (Wildman–Crippen MR) is 60.7 cm³/mol. The van der Waals surface area contributed by atoms with Gasteiger partial charge in [0.15, 0.2) is 0 Å².